The number of carbonyl (C=O) groups is 1. The lowest BCUT2D eigenvalue weighted by Crippen LogP contribution is -2.50. The van der Waals surface area contributed by atoms with E-state index in [1.54, 1.807) is 6.07 Å². The number of nitrogen functional groups attached to an aromatic ring is 1. The summed E-state index contributed by atoms with van der Waals surface area (Å²) < 4.78 is 60.7. The Labute approximate surface area is 98.8 Å². The van der Waals surface area contributed by atoms with Crippen LogP contribution in [0.4, 0.5) is 27.6 Å². The number of nitrogens with two attached hydrogens (primary N) is 1. The first kappa shape index (κ1) is 14.2. The topological polar surface area (TPSA) is 55.1 Å². The summed E-state index contributed by atoms with van der Waals surface area (Å²) >= 11 is 0. The zero-order valence-corrected chi connectivity index (χ0v) is 8.89. The number of nitrogens with one attached hydrogen (secondary N) is 1. The van der Waals surface area contributed by atoms with E-state index in [2.05, 4.69) is 0 Å². The van der Waals surface area contributed by atoms with E-state index in [4.69, 9.17) is 5.73 Å². The standard InChI is InChI=1S/C10H9F5N2O/c11-9(12,10(13,14)15)8(18)17-5-6-3-1-2-4-7(6)16/h1-4H,5,16H2,(H,17,18). The molecule has 1 amide bonds. The molecule has 18 heavy (non-hydrogen) atoms. The third-order valence-electron chi connectivity index (χ3n) is 2.14. The molecule has 0 atom stereocenters. The normalized spacial score (nSPS) is 12.3. The van der Waals surface area contributed by atoms with Crippen LogP contribution in [0.2, 0.25) is 0 Å². The molecule has 3 N–H and O–H groups in total. The van der Waals surface area contributed by atoms with E-state index in [1.807, 2.05) is 0 Å². The second-order valence-corrected chi connectivity index (χ2v) is 3.45. The van der Waals surface area contributed by atoms with Crippen molar-refractivity contribution in [1.82, 2.24) is 5.32 Å². The summed E-state index contributed by atoms with van der Waals surface area (Å²) in [7, 11) is 0. The number of halogens is 5. The van der Waals surface area contributed by atoms with Gasteiger partial charge in [-0.2, -0.15) is 22.0 Å². The van der Waals surface area contributed by atoms with Crippen molar-refractivity contribution < 1.29 is 26.7 Å². The number of benzene rings is 1. The SMILES string of the molecule is Nc1ccccc1CNC(=O)C(F)(F)C(F)(F)F. The van der Waals surface area contributed by atoms with Crippen LogP contribution in [0.15, 0.2) is 24.3 Å². The van der Waals surface area contributed by atoms with Crippen molar-refractivity contribution in [1.29, 1.82) is 0 Å². The Kier molecular flexibility index (Phi) is 3.78. The van der Waals surface area contributed by atoms with E-state index in [0.717, 1.165) is 0 Å². The predicted octanol–water partition coefficient (Wildman–Crippen LogP) is 2.08. The largest absolute Gasteiger partial charge is 0.463 e. The van der Waals surface area contributed by atoms with Crippen LogP contribution >= 0.6 is 0 Å². The molecular weight excluding hydrogens is 259 g/mol. The fraction of sp³-hybridized carbons (Fsp3) is 0.300. The summed E-state index contributed by atoms with van der Waals surface area (Å²) in [6, 6.07) is 5.91. The molecule has 0 heterocycles. The molecule has 0 aliphatic carbocycles. The number of anilines is 1. The minimum atomic E-state index is -5.92. The number of para-hydroxylation sites is 1. The Balaban J connectivity index is 2.71. The van der Waals surface area contributed by atoms with Crippen molar-refractivity contribution in [3.05, 3.63) is 29.8 Å². The first-order valence-corrected chi connectivity index (χ1v) is 4.72. The van der Waals surface area contributed by atoms with Gasteiger partial charge in [0.2, 0.25) is 0 Å². The van der Waals surface area contributed by atoms with Gasteiger partial charge in [0.25, 0.3) is 0 Å². The predicted molar refractivity (Wildman–Crippen MR) is 53.7 cm³/mol. The molecule has 0 aliphatic heterocycles. The van der Waals surface area contributed by atoms with Crippen molar-refractivity contribution in [2.75, 3.05) is 5.73 Å². The van der Waals surface area contributed by atoms with Crippen LogP contribution in [0, 0.1) is 0 Å². The molecule has 1 aromatic rings. The smallest absolute Gasteiger partial charge is 0.398 e. The van der Waals surface area contributed by atoms with E-state index < -0.39 is 24.6 Å². The lowest BCUT2D eigenvalue weighted by molar-refractivity contribution is -0.269. The molecule has 3 nitrogen and oxygen atoms in total. The summed E-state index contributed by atoms with van der Waals surface area (Å²) in [5.74, 6) is -7.82. The van der Waals surface area contributed by atoms with E-state index >= 15 is 0 Å². The van der Waals surface area contributed by atoms with Crippen LogP contribution in [0.1, 0.15) is 5.56 Å². The van der Waals surface area contributed by atoms with E-state index in [9.17, 15) is 26.7 Å². The van der Waals surface area contributed by atoms with Crippen LogP contribution in [-0.4, -0.2) is 18.0 Å². The first-order valence-electron chi connectivity index (χ1n) is 4.72. The van der Waals surface area contributed by atoms with Gasteiger partial charge >= 0.3 is 18.0 Å². The van der Waals surface area contributed by atoms with E-state index in [0.29, 0.717) is 0 Å². The molecular formula is C10H9F5N2O. The molecule has 0 aliphatic rings. The lowest BCUT2D eigenvalue weighted by Gasteiger charge is -2.18. The highest BCUT2D eigenvalue weighted by molar-refractivity contribution is 5.84. The Hall–Kier alpha value is -1.86. The second kappa shape index (κ2) is 4.79. The highest BCUT2D eigenvalue weighted by Crippen LogP contribution is 2.35. The fourth-order valence-corrected chi connectivity index (χ4v) is 1.11. The third-order valence-corrected chi connectivity index (χ3v) is 2.14. The Morgan fingerprint density at radius 2 is 1.72 bits per heavy atom. The van der Waals surface area contributed by atoms with Crippen LogP contribution in [0.25, 0.3) is 0 Å². The van der Waals surface area contributed by atoms with Gasteiger partial charge in [0.05, 0.1) is 0 Å². The molecule has 0 aromatic heterocycles. The zero-order valence-electron chi connectivity index (χ0n) is 8.89. The van der Waals surface area contributed by atoms with Gasteiger partial charge in [0.1, 0.15) is 0 Å². The number of carbonyl (C=O) groups excluding carboxylic acids is 1. The zero-order chi connectivity index (χ0) is 14.0. The van der Waals surface area contributed by atoms with Crippen LogP contribution in [0.3, 0.4) is 0 Å². The maximum atomic E-state index is 12.6. The van der Waals surface area contributed by atoms with E-state index in [1.165, 1.54) is 23.5 Å². The number of hydrogen-bond donors (Lipinski definition) is 2. The van der Waals surface area contributed by atoms with Crippen molar-refractivity contribution in [3.63, 3.8) is 0 Å². The highest BCUT2D eigenvalue weighted by Gasteiger charge is 2.63. The van der Waals surface area contributed by atoms with Gasteiger partial charge in [-0.15, -0.1) is 0 Å². The summed E-state index contributed by atoms with van der Waals surface area (Å²) in [6.45, 7) is -0.503. The first-order chi connectivity index (χ1) is 8.16. The number of amides is 1. The van der Waals surface area contributed by atoms with Crippen LogP contribution in [-0.2, 0) is 11.3 Å². The maximum Gasteiger partial charge on any atom is 0.463 e. The molecule has 0 spiro atoms. The van der Waals surface area contributed by atoms with Crippen molar-refractivity contribution in [2.45, 2.75) is 18.6 Å². The Morgan fingerprint density at radius 1 is 1.17 bits per heavy atom. The van der Waals surface area contributed by atoms with Gasteiger partial charge in [0, 0.05) is 12.2 Å². The molecule has 0 fully saturated rings. The molecule has 0 radical (unpaired) electrons. The van der Waals surface area contributed by atoms with Crippen LogP contribution in [0.5, 0.6) is 0 Å². The van der Waals surface area contributed by atoms with Crippen molar-refractivity contribution >= 4 is 11.6 Å². The molecule has 0 unspecified atom stereocenters. The molecule has 100 valence electrons. The fourth-order valence-electron chi connectivity index (χ4n) is 1.11. The summed E-state index contributed by atoms with van der Waals surface area (Å²) in [6.07, 6.45) is -5.92. The Morgan fingerprint density at radius 3 is 2.22 bits per heavy atom. The molecule has 1 rings (SSSR count). The average molecular weight is 268 g/mol. The van der Waals surface area contributed by atoms with Crippen molar-refractivity contribution in [3.8, 4) is 0 Å². The minimum absolute atomic E-state index is 0.188. The van der Waals surface area contributed by atoms with Gasteiger partial charge < -0.3 is 11.1 Å². The number of hydrogen-bond acceptors (Lipinski definition) is 2. The van der Waals surface area contributed by atoms with E-state index in [-0.39, 0.29) is 11.3 Å². The Bertz CT molecular complexity index is 444. The van der Waals surface area contributed by atoms with Crippen molar-refractivity contribution in [2.24, 2.45) is 0 Å². The summed E-state index contributed by atoms with van der Waals surface area (Å²) in [5, 5.41) is 1.50. The molecule has 0 saturated heterocycles. The third kappa shape index (κ3) is 2.88. The van der Waals surface area contributed by atoms with Gasteiger partial charge in [-0.05, 0) is 11.6 Å². The lowest BCUT2D eigenvalue weighted by atomic mass is 10.2. The van der Waals surface area contributed by atoms with Gasteiger partial charge in [-0.3, -0.25) is 4.79 Å². The maximum absolute atomic E-state index is 12.6. The molecule has 0 bridgehead atoms. The quantitative estimate of drug-likeness (QED) is 0.651. The summed E-state index contributed by atoms with van der Waals surface area (Å²) in [4.78, 5) is 10.8. The number of alkyl halides is 5. The number of rotatable bonds is 3. The molecule has 8 heteroatoms. The second-order valence-electron chi connectivity index (χ2n) is 3.45. The van der Waals surface area contributed by atoms with Gasteiger partial charge in [-0.1, -0.05) is 18.2 Å². The molecule has 1 aromatic carbocycles. The minimum Gasteiger partial charge on any atom is -0.398 e. The molecule has 0 saturated carbocycles. The monoisotopic (exact) mass is 268 g/mol. The van der Waals surface area contributed by atoms with Gasteiger partial charge in [-0.25, -0.2) is 0 Å². The summed E-state index contributed by atoms with van der Waals surface area (Å²) in [5.41, 5.74) is 5.88. The van der Waals surface area contributed by atoms with Gasteiger partial charge in [0.15, 0.2) is 0 Å². The van der Waals surface area contributed by atoms with Crippen LogP contribution < -0.4 is 11.1 Å². The average Bonchev–Trinajstić information content (AvgIpc) is 2.26. The highest BCUT2D eigenvalue weighted by atomic mass is 19.4.